The molecule has 9 nitrogen and oxygen atoms in total. The molecular weight excluding hydrogens is 414 g/mol. The van der Waals surface area contributed by atoms with Gasteiger partial charge in [0.25, 0.3) is 11.8 Å². The maximum Gasteiger partial charge on any atom is 0.269 e. The lowest BCUT2D eigenvalue weighted by molar-refractivity contribution is -0.130. The van der Waals surface area contributed by atoms with E-state index >= 15 is 0 Å². The number of hydrogen-bond acceptors (Lipinski definition) is 6. The molecule has 174 valence electrons. The van der Waals surface area contributed by atoms with Gasteiger partial charge in [0.05, 0.1) is 14.2 Å². The van der Waals surface area contributed by atoms with E-state index in [9.17, 15) is 14.4 Å². The van der Waals surface area contributed by atoms with Crippen molar-refractivity contribution in [3.8, 4) is 17.2 Å². The minimum Gasteiger partial charge on any atom is -0.493 e. The van der Waals surface area contributed by atoms with Gasteiger partial charge in [0.2, 0.25) is 11.7 Å². The molecule has 4 aliphatic carbocycles. The van der Waals surface area contributed by atoms with Crippen LogP contribution in [0.5, 0.6) is 17.2 Å². The summed E-state index contributed by atoms with van der Waals surface area (Å²) in [6.45, 7) is -0.362. The van der Waals surface area contributed by atoms with Gasteiger partial charge in [0, 0.05) is 12.0 Å². The molecule has 0 radical (unpaired) electrons. The van der Waals surface area contributed by atoms with Crippen molar-refractivity contribution in [2.45, 2.75) is 44.9 Å². The molecule has 0 atom stereocenters. The number of carbonyl (C=O) groups excluding carboxylic acids is 3. The summed E-state index contributed by atoms with van der Waals surface area (Å²) in [4.78, 5) is 36.4. The second-order valence-electron chi connectivity index (χ2n) is 9.56. The number of primary amides is 1. The van der Waals surface area contributed by atoms with E-state index < -0.39 is 11.8 Å². The number of carbonyl (C=O) groups is 3. The molecule has 0 aromatic heterocycles. The van der Waals surface area contributed by atoms with E-state index in [0.29, 0.717) is 6.42 Å². The summed E-state index contributed by atoms with van der Waals surface area (Å²) < 4.78 is 15.9. The highest BCUT2D eigenvalue weighted by atomic mass is 16.5. The first kappa shape index (κ1) is 22.2. The number of hydrazine groups is 1. The first-order valence-corrected chi connectivity index (χ1v) is 11.1. The van der Waals surface area contributed by atoms with Gasteiger partial charge >= 0.3 is 0 Å². The van der Waals surface area contributed by atoms with Gasteiger partial charge in [-0.05, 0) is 73.8 Å². The van der Waals surface area contributed by atoms with Crippen LogP contribution in [0.25, 0.3) is 0 Å². The molecule has 0 saturated heterocycles. The van der Waals surface area contributed by atoms with Crippen LogP contribution in [0, 0.1) is 23.2 Å². The molecule has 3 amide bonds. The van der Waals surface area contributed by atoms with E-state index in [1.165, 1.54) is 45.6 Å². The highest BCUT2D eigenvalue weighted by molar-refractivity contribution is 5.96. The van der Waals surface area contributed by atoms with Gasteiger partial charge in [0.1, 0.15) is 0 Å². The number of rotatable bonds is 8. The van der Waals surface area contributed by atoms with Crippen molar-refractivity contribution in [1.29, 1.82) is 0 Å². The van der Waals surface area contributed by atoms with Gasteiger partial charge in [-0.2, -0.15) is 0 Å². The maximum atomic E-state index is 12.7. The summed E-state index contributed by atoms with van der Waals surface area (Å²) in [5.41, 5.74) is 10.5. The highest BCUT2D eigenvalue weighted by Gasteiger charge is 2.51. The normalized spacial score (nSPS) is 27.5. The van der Waals surface area contributed by atoms with E-state index in [1.807, 2.05) is 0 Å². The molecule has 4 aliphatic rings. The van der Waals surface area contributed by atoms with E-state index in [-0.39, 0.29) is 40.7 Å². The van der Waals surface area contributed by atoms with E-state index in [4.69, 9.17) is 19.9 Å². The van der Waals surface area contributed by atoms with Crippen molar-refractivity contribution < 1.29 is 28.6 Å². The van der Waals surface area contributed by atoms with Crippen molar-refractivity contribution in [2.75, 3.05) is 20.8 Å². The second kappa shape index (κ2) is 8.88. The standard InChI is InChI=1S/C23H31N3O6/c1-30-17-6-16(7-18(31-2)21(17)32-12-19(24)27)22(29)26-25-20(28)11-23-8-13-3-14(9-23)5-15(4-13)10-23/h6-7,13-15H,3-5,8-12H2,1-2H3,(H2,24,27)(H,25,28)(H,26,29). The van der Waals surface area contributed by atoms with Crippen LogP contribution in [0.15, 0.2) is 12.1 Å². The van der Waals surface area contributed by atoms with Gasteiger partial charge < -0.3 is 19.9 Å². The quantitative estimate of drug-likeness (QED) is 0.525. The molecule has 1 aromatic carbocycles. The van der Waals surface area contributed by atoms with Crippen LogP contribution in [0.2, 0.25) is 0 Å². The fraction of sp³-hybridized carbons (Fsp3) is 0.609. The Kier molecular flexibility index (Phi) is 6.17. The lowest BCUT2D eigenvalue weighted by Crippen LogP contribution is -2.50. The Morgan fingerprint density at radius 1 is 0.969 bits per heavy atom. The molecule has 9 heteroatoms. The molecule has 0 spiro atoms. The minimum atomic E-state index is -0.655. The van der Waals surface area contributed by atoms with Crippen molar-refractivity contribution in [2.24, 2.45) is 28.9 Å². The Morgan fingerprint density at radius 2 is 1.50 bits per heavy atom. The fourth-order valence-corrected chi connectivity index (χ4v) is 6.39. The predicted molar refractivity (Wildman–Crippen MR) is 115 cm³/mol. The highest BCUT2D eigenvalue weighted by Crippen LogP contribution is 2.61. The molecule has 4 saturated carbocycles. The van der Waals surface area contributed by atoms with Crippen molar-refractivity contribution in [3.05, 3.63) is 17.7 Å². The average molecular weight is 446 g/mol. The number of methoxy groups -OCH3 is 2. The molecule has 0 unspecified atom stereocenters. The number of nitrogens with one attached hydrogen (secondary N) is 2. The van der Waals surface area contributed by atoms with Crippen LogP contribution >= 0.6 is 0 Å². The zero-order chi connectivity index (χ0) is 22.9. The largest absolute Gasteiger partial charge is 0.493 e. The number of nitrogens with two attached hydrogens (primary N) is 1. The number of ether oxygens (including phenoxy) is 3. The zero-order valence-electron chi connectivity index (χ0n) is 18.6. The van der Waals surface area contributed by atoms with E-state index in [0.717, 1.165) is 37.0 Å². The molecule has 4 bridgehead atoms. The maximum absolute atomic E-state index is 12.7. The van der Waals surface area contributed by atoms with Gasteiger partial charge in [-0.15, -0.1) is 0 Å². The fourth-order valence-electron chi connectivity index (χ4n) is 6.39. The van der Waals surface area contributed by atoms with Crippen LogP contribution in [0.4, 0.5) is 0 Å². The molecule has 4 fully saturated rings. The second-order valence-corrected chi connectivity index (χ2v) is 9.56. The van der Waals surface area contributed by atoms with Gasteiger partial charge in [-0.3, -0.25) is 25.2 Å². The third-order valence-corrected chi connectivity index (χ3v) is 7.10. The third-order valence-electron chi connectivity index (χ3n) is 7.10. The first-order chi connectivity index (χ1) is 15.3. The van der Waals surface area contributed by atoms with Crippen LogP contribution in [0.1, 0.15) is 55.3 Å². The number of hydrogen-bond donors (Lipinski definition) is 3. The Morgan fingerprint density at radius 3 is 1.97 bits per heavy atom. The topological polar surface area (TPSA) is 129 Å². The predicted octanol–water partition coefficient (Wildman–Crippen LogP) is 1.94. The summed E-state index contributed by atoms with van der Waals surface area (Å²) in [5, 5.41) is 0. The molecule has 0 heterocycles. The van der Waals surface area contributed by atoms with Gasteiger partial charge in [-0.1, -0.05) is 0 Å². The lowest BCUT2D eigenvalue weighted by Gasteiger charge is -2.56. The van der Waals surface area contributed by atoms with Crippen molar-refractivity contribution in [1.82, 2.24) is 10.9 Å². The van der Waals surface area contributed by atoms with Crippen LogP contribution in [-0.4, -0.2) is 38.5 Å². The van der Waals surface area contributed by atoms with Gasteiger partial charge in [0.15, 0.2) is 18.1 Å². The van der Waals surface area contributed by atoms with Crippen LogP contribution in [-0.2, 0) is 9.59 Å². The molecule has 1 aromatic rings. The Labute approximate surface area is 187 Å². The first-order valence-electron chi connectivity index (χ1n) is 11.1. The Balaban J connectivity index is 1.38. The van der Waals surface area contributed by atoms with E-state index in [2.05, 4.69) is 10.9 Å². The summed E-state index contributed by atoms with van der Waals surface area (Å²) in [6, 6.07) is 2.89. The summed E-state index contributed by atoms with van der Waals surface area (Å²) in [6.07, 6.45) is 7.79. The molecule has 0 aliphatic heterocycles. The molecular formula is C23H31N3O6. The monoisotopic (exact) mass is 445 g/mol. The molecule has 32 heavy (non-hydrogen) atoms. The number of amides is 3. The third kappa shape index (κ3) is 4.61. The molecule has 5 rings (SSSR count). The summed E-state index contributed by atoms with van der Waals surface area (Å²) in [7, 11) is 2.81. The van der Waals surface area contributed by atoms with Crippen LogP contribution < -0.4 is 30.8 Å². The minimum absolute atomic E-state index is 0.0927. The molecule has 4 N–H and O–H groups in total. The Hall–Kier alpha value is -2.97. The average Bonchev–Trinajstić information content (AvgIpc) is 2.74. The smallest absolute Gasteiger partial charge is 0.269 e. The van der Waals surface area contributed by atoms with Crippen molar-refractivity contribution >= 4 is 17.7 Å². The number of benzene rings is 1. The zero-order valence-corrected chi connectivity index (χ0v) is 18.6. The van der Waals surface area contributed by atoms with E-state index in [1.54, 1.807) is 0 Å². The van der Waals surface area contributed by atoms with Crippen molar-refractivity contribution in [3.63, 3.8) is 0 Å². The Bertz CT molecular complexity index is 855. The lowest BCUT2D eigenvalue weighted by atomic mass is 9.49. The van der Waals surface area contributed by atoms with Gasteiger partial charge in [-0.25, -0.2) is 0 Å². The van der Waals surface area contributed by atoms with Crippen LogP contribution in [0.3, 0.4) is 0 Å². The summed E-state index contributed by atoms with van der Waals surface area (Å²) in [5.74, 6) is 1.53. The SMILES string of the molecule is COc1cc(C(=O)NNC(=O)CC23CC4CC(CC(C4)C2)C3)cc(OC)c1OCC(N)=O. The summed E-state index contributed by atoms with van der Waals surface area (Å²) >= 11 is 0.